The van der Waals surface area contributed by atoms with Crippen LogP contribution >= 0.6 is 0 Å². The summed E-state index contributed by atoms with van der Waals surface area (Å²) in [4.78, 5) is 0. The van der Waals surface area contributed by atoms with Crippen molar-refractivity contribution in [3.8, 4) is 11.1 Å². The normalized spacial score (nSPS) is 11.4. The largest absolute Gasteiger partial charge is 0.305 e. The Balaban J connectivity index is 2.21. The van der Waals surface area contributed by atoms with Crippen molar-refractivity contribution < 1.29 is 0 Å². The molecule has 0 fully saturated rings. The number of benzene rings is 2. The zero-order chi connectivity index (χ0) is 13.7. The summed E-state index contributed by atoms with van der Waals surface area (Å²) in [5, 5.41) is 7.57. The lowest BCUT2D eigenvalue weighted by atomic mass is 10.0. The van der Waals surface area contributed by atoms with Crippen LogP contribution in [0.3, 0.4) is 0 Å². The maximum absolute atomic E-state index is 7.57. The van der Waals surface area contributed by atoms with Crippen LogP contribution in [0.5, 0.6) is 0 Å². The quantitative estimate of drug-likeness (QED) is 0.747. The van der Waals surface area contributed by atoms with Gasteiger partial charge in [-0.2, -0.15) is 0 Å². The zero-order valence-corrected chi connectivity index (χ0v) is 11.5. The second-order valence-electron chi connectivity index (χ2n) is 4.78. The molecule has 0 radical (unpaired) electrons. The van der Waals surface area contributed by atoms with Crippen molar-refractivity contribution >= 4 is 5.71 Å². The first-order valence-electron chi connectivity index (χ1n) is 6.53. The van der Waals surface area contributed by atoms with Crippen LogP contribution in [0.15, 0.2) is 66.2 Å². The van der Waals surface area contributed by atoms with Crippen LogP contribution in [0.25, 0.3) is 11.1 Å². The van der Waals surface area contributed by atoms with Crippen molar-refractivity contribution in [1.29, 1.82) is 5.41 Å². The van der Waals surface area contributed by atoms with Crippen molar-refractivity contribution in [2.45, 2.75) is 20.3 Å². The summed E-state index contributed by atoms with van der Waals surface area (Å²) in [7, 11) is 0. The molecule has 0 aliphatic heterocycles. The monoisotopic (exact) mass is 249 g/mol. The standard InChI is InChI=1S/C18H19N/c1-14(15(2)19)11-12-16-7-6-10-18(13-16)17-8-4-3-5-9-17/h3-11,13,19H,12H2,1-2H3/b14-11-,19-15?. The minimum atomic E-state index is 0.638. The van der Waals surface area contributed by atoms with E-state index in [2.05, 4.69) is 54.6 Å². The Labute approximate surface area is 115 Å². The maximum Gasteiger partial charge on any atom is 0.0309 e. The van der Waals surface area contributed by atoms with Crippen molar-refractivity contribution in [3.05, 3.63) is 71.8 Å². The van der Waals surface area contributed by atoms with Crippen LogP contribution in [0.2, 0.25) is 0 Å². The SMILES string of the molecule is CC(=N)/C(C)=C\Cc1cccc(-c2ccccc2)c1. The number of hydrogen-bond acceptors (Lipinski definition) is 1. The number of nitrogens with one attached hydrogen (secondary N) is 1. The average molecular weight is 249 g/mol. The zero-order valence-electron chi connectivity index (χ0n) is 11.5. The predicted octanol–water partition coefficient (Wildman–Crippen LogP) is 4.88. The Morgan fingerprint density at radius 1 is 0.947 bits per heavy atom. The first-order chi connectivity index (χ1) is 9.16. The van der Waals surface area contributed by atoms with Gasteiger partial charge >= 0.3 is 0 Å². The molecule has 0 atom stereocenters. The molecule has 0 spiro atoms. The molecule has 0 saturated heterocycles. The molecule has 0 amide bonds. The molecule has 0 bridgehead atoms. The molecule has 1 heteroatoms. The highest BCUT2D eigenvalue weighted by atomic mass is 14.4. The van der Waals surface area contributed by atoms with Gasteiger partial charge in [-0.15, -0.1) is 0 Å². The summed E-state index contributed by atoms with van der Waals surface area (Å²) >= 11 is 0. The lowest BCUT2D eigenvalue weighted by Gasteiger charge is -2.04. The van der Waals surface area contributed by atoms with Crippen LogP contribution in [-0.4, -0.2) is 5.71 Å². The van der Waals surface area contributed by atoms with Crippen molar-refractivity contribution in [1.82, 2.24) is 0 Å². The summed E-state index contributed by atoms with van der Waals surface area (Å²) in [6.07, 6.45) is 3.00. The highest BCUT2D eigenvalue weighted by molar-refractivity contribution is 5.95. The summed E-state index contributed by atoms with van der Waals surface area (Å²) in [5.41, 5.74) is 5.45. The first kappa shape index (κ1) is 13.3. The molecular formula is C18H19N. The van der Waals surface area contributed by atoms with E-state index in [9.17, 15) is 0 Å². The van der Waals surface area contributed by atoms with E-state index < -0.39 is 0 Å². The van der Waals surface area contributed by atoms with E-state index in [1.165, 1.54) is 16.7 Å². The van der Waals surface area contributed by atoms with Crippen LogP contribution in [-0.2, 0) is 6.42 Å². The number of rotatable bonds is 4. The topological polar surface area (TPSA) is 23.9 Å². The average Bonchev–Trinajstić information content (AvgIpc) is 2.46. The van der Waals surface area contributed by atoms with Gasteiger partial charge in [0, 0.05) is 5.71 Å². The molecular weight excluding hydrogens is 230 g/mol. The second kappa shape index (κ2) is 6.14. The fraction of sp³-hybridized carbons (Fsp3) is 0.167. The minimum Gasteiger partial charge on any atom is -0.305 e. The summed E-state index contributed by atoms with van der Waals surface area (Å²) in [5.74, 6) is 0. The Morgan fingerprint density at radius 3 is 2.32 bits per heavy atom. The van der Waals surface area contributed by atoms with Crippen LogP contribution in [0, 0.1) is 5.41 Å². The van der Waals surface area contributed by atoms with Gasteiger partial charge in [0.25, 0.3) is 0 Å². The predicted molar refractivity (Wildman–Crippen MR) is 82.7 cm³/mol. The van der Waals surface area contributed by atoms with E-state index in [-0.39, 0.29) is 0 Å². The maximum atomic E-state index is 7.57. The van der Waals surface area contributed by atoms with E-state index in [1.54, 1.807) is 0 Å². The Kier molecular flexibility index (Phi) is 4.30. The van der Waals surface area contributed by atoms with Gasteiger partial charge in [-0.1, -0.05) is 60.7 Å². The molecule has 0 aliphatic rings. The molecule has 1 nitrogen and oxygen atoms in total. The molecule has 2 aromatic carbocycles. The summed E-state index contributed by atoms with van der Waals surface area (Å²) in [6.45, 7) is 3.82. The molecule has 0 aromatic heterocycles. The number of hydrogen-bond donors (Lipinski definition) is 1. The highest BCUT2D eigenvalue weighted by Crippen LogP contribution is 2.20. The third-order valence-electron chi connectivity index (χ3n) is 3.27. The lowest BCUT2D eigenvalue weighted by Crippen LogP contribution is -1.91. The van der Waals surface area contributed by atoms with Crippen molar-refractivity contribution in [3.63, 3.8) is 0 Å². The van der Waals surface area contributed by atoms with Crippen LogP contribution in [0.4, 0.5) is 0 Å². The Hall–Kier alpha value is -2.15. The lowest BCUT2D eigenvalue weighted by molar-refractivity contribution is 1.24. The molecule has 96 valence electrons. The minimum absolute atomic E-state index is 0.638. The van der Waals surface area contributed by atoms with E-state index in [0.717, 1.165) is 12.0 Å². The van der Waals surface area contributed by atoms with Gasteiger partial charge in [0.2, 0.25) is 0 Å². The third kappa shape index (κ3) is 3.65. The molecule has 0 heterocycles. The molecule has 1 N–H and O–H groups in total. The van der Waals surface area contributed by atoms with Crippen molar-refractivity contribution in [2.24, 2.45) is 0 Å². The van der Waals surface area contributed by atoms with E-state index in [0.29, 0.717) is 5.71 Å². The third-order valence-corrected chi connectivity index (χ3v) is 3.27. The van der Waals surface area contributed by atoms with Gasteiger partial charge in [0.15, 0.2) is 0 Å². The fourth-order valence-corrected chi connectivity index (χ4v) is 1.93. The fourth-order valence-electron chi connectivity index (χ4n) is 1.93. The molecule has 0 aliphatic carbocycles. The first-order valence-corrected chi connectivity index (χ1v) is 6.53. The van der Waals surface area contributed by atoms with Crippen LogP contribution in [0.1, 0.15) is 19.4 Å². The Morgan fingerprint density at radius 2 is 1.63 bits per heavy atom. The Bertz CT molecular complexity index is 594. The van der Waals surface area contributed by atoms with E-state index >= 15 is 0 Å². The molecule has 19 heavy (non-hydrogen) atoms. The summed E-state index contributed by atoms with van der Waals surface area (Å²) in [6, 6.07) is 19.0. The van der Waals surface area contributed by atoms with Gasteiger partial charge in [-0.25, -0.2) is 0 Å². The highest BCUT2D eigenvalue weighted by Gasteiger charge is 1.98. The van der Waals surface area contributed by atoms with Crippen LogP contribution < -0.4 is 0 Å². The molecule has 0 saturated carbocycles. The van der Waals surface area contributed by atoms with Gasteiger partial charge in [0.1, 0.15) is 0 Å². The van der Waals surface area contributed by atoms with Gasteiger partial charge in [-0.3, -0.25) is 0 Å². The molecule has 2 aromatic rings. The smallest absolute Gasteiger partial charge is 0.0309 e. The molecule has 2 rings (SSSR count). The van der Waals surface area contributed by atoms with Crippen molar-refractivity contribution in [2.75, 3.05) is 0 Å². The van der Waals surface area contributed by atoms with Gasteiger partial charge in [-0.05, 0) is 42.5 Å². The van der Waals surface area contributed by atoms with E-state index in [4.69, 9.17) is 5.41 Å². The second-order valence-corrected chi connectivity index (χ2v) is 4.78. The molecule has 0 unspecified atom stereocenters. The van der Waals surface area contributed by atoms with Gasteiger partial charge in [0.05, 0.1) is 0 Å². The van der Waals surface area contributed by atoms with E-state index in [1.807, 2.05) is 19.9 Å². The summed E-state index contributed by atoms with van der Waals surface area (Å²) < 4.78 is 0. The van der Waals surface area contributed by atoms with Gasteiger partial charge < -0.3 is 5.41 Å². The number of allylic oxidation sites excluding steroid dienone is 2.